The Morgan fingerprint density at radius 3 is 2.32 bits per heavy atom. The number of anilines is 1. The molecule has 7 nitrogen and oxygen atoms in total. The van der Waals surface area contributed by atoms with Gasteiger partial charge in [0.2, 0.25) is 15.7 Å². The SMILES string of the molecule is O=C(COC(C1CCCCN1)S(=O)(=O)c1c(Cl)cc(Cl)cc1Cl)NCc1ccc(N2CCCCC2)cc1. The second-order valence-electron chi connectivity index (χ2n) is 9.47. The maximum absolute atomic E-state index is 13.6. The van der Waals surface area contributed by atoms with E-state index in [9.17, 15) is 13.2 Å². The van der Waals surface area contributed by atoms with Crippen molar-refractivity contribution in [1.29, 1.82) is 0 Å². The number of nitrogens with one attached hydrogen (secondary N) is 2. The molecule has 2 unspecified atom stereocenters. The Kier molecular flexibility index (Phi) is 10.00. The second-order valence-corrected chi connectivity index (χ2v) is 12.7. The minimum atomic E-state index is -4.15. The van der Waals surface area contributed by atoms with Crippen LogP contribution in [-0.2, 0) is 25.9 Å². The largest absolute Gasteiger partial charge is 0.372 e. The summed E-state index contributed by atoms with van der Waals surface area (Å²) in [5.41, 5.74) is 0.802. The normalized spacial score (nSPS) is 19.4. The number of carbonyl (C=O) groups is 1. The Hall–Kier alpha value is -1.55. The minimum absolute atomic E-state index is 0.0839. The van der Waals surface area contributed by atoms with E-state index >= 15 is 0 Å². The lowest BCUT2D eigenvalue weighted by Crippen LogP contribution is -2.49. The van der Waals surface area contributed by atoms with E-state index in [2.05, 4.69) is 27.7 Å². The monoisotopic (exact) mass is 587 g/mol. The van der Waals surface area contributed by atoms with Crippen molar-refractivity contribution in [3.05, 3.63) is 57.0 Å². The number of ether oxygens (including phenoxy) is 1. The molecule has 2 aliphatic rings. The number of benzene rings is 2. The fourth-order valence-corrected chi connectivity index (χ4v) is 8.10. The van der Waals surface area contributed by atoms with Gasteiger partial charge in [-0.1, -0.05) is 53.4 Å². The van der Waals surface area contributed by atoms with Crippen molar-refractivity contribution in [2.24, 2.45) is 0 Å². The number of halogens is 3. The molecule has 2 aromatic rings. The summed E-state index contributed by atoms with van der Waals surface area (Å²) in [6.07, 6.45) is 6.05. The zero-order valence-corrected chi connectivity index (χ0v) is 23.6. The van der Waals surface area contributed by atoms with Gasteiger partial charge in [-0.25, -0.2) is 8.42 Å². The lowest BCUT2D eigenvalue weighted by Gasteiger charge is -2.31. The van der Waals surface area contributed by atoms with E-state index in [1.807, 2.05) is 12.1 Å². The summed E-state index contributed by atoms with van der Waals surface area (Å²) in [7, 11) is -4.15. The number of amides is 1. The van der Waals surface area contributed by atoms with Gasteiger partial charge in [-0.2, -0.15) is 0 Å². The molecule has 2 heterocycles. The minimum Gasteiger partial charge on any atom is -0.372 e. The van der Waals surface area contributed by atoms with Crippen LogP contribution in [0.25, 0.3) is 0 Å². The Morgan fingerprint density at radius 1 is 1.03 bits per heavy atom. The summed E-state index contributed by atoms with van der Waals surface area (Å²) < 4.78 is 33.0. The summed E-state index contributed by atoms with van der Waals surface area (Å²) in [6, 6.07) is 10.3. The molecule has 202 valence electrons. The van der Waals surface area contributed by atoms with Crippen molar-refractivity contribution in [2.45, 2.75) is 61.4 Å². The molecule has 0 bridgehead atoms. The molecule has 2 saturated heterocycles. The van der Waals surface area contributed by atoms with Crippen LogP contribution in [0.15, 0.2) is 41.3 Å². The molecule has 11 heteroatoms. The van der Waals surface area contributed by atoms with Crippen LogP contribution < -0.4 is 15.5 Å². The lowest BCUT2D eigenvalue weighted by atomic mass is 10.1. The number of carbonyl (C=O) groups excluding carboxylic acids is 1. The predicted molar refractivity (Wildman–Crippen MR) is 148 cm³/mol. The van der Waals surface area contributed by atoms with E-state index < -0.39 is 33.8 Å². The maximum atomic E-state index is 13.6. The second kappa shape index (κ2) is 13.0. The standard InChI is InChI=1S/C26H32Cl3N3O4S/c27-19-14-21(28)25(22(29)15-19)37(34,35)26(23-6-2-3-11-30-23)36-17-24(33)31-16-18-7-9-20(10-8-18)32-12-4-1-5-13-32/h7-10,14-15,23,26,30H,1-6,11-13,16-17H2,(H,31,33). The Labute approximate surface area is 233 Å². The van der Waals surface area contributed by atoms with Gasteiger partial charge in [-0.15, -0.1) is 0 Å². The zero-order chi connectivity index (χ0) is 26.4. The number of rotatable bonds is 9. The molecule has 4 rings (SSSR count). The van der Waals surface area contributed by atoms with Crippen LogP contribution in [0, 0.1) is 0 Å². The van der Waals surface area contributed by atoms with Crippen molar-refractivity contribution in [1.82, 2.24) is 10.6 Å². The molecule has 0 spiro atoms. The predicted octanol–water partition coefficient (Wildman–Crippen LogP) is 5.21. The van der Waals surface area contributed by atoms with Crippen LogP contribution in [0.4, 0.5) is 5.69 Å². The van der Waals surface area contributed by atoms with Gasteiger partial charge in [0.1, 0.15) is 11.5 Å². The van der Waals surface area contributed by atoms with Gasteiger partial charge >= 0.3 is 0 Å². The van der Waals surface area contributed by atoms with Crippen LogP contribution >= 0.6 is 34.8 Å². The van der Waals surface area contributed by atoms with Crippen molar-refractivity contribution in [3.63, 3.8) is 0 Å². The van der Waals surface area contributed by atoms with Gasteiger partial charge in [0, 0.05) is 36.4 Å². The molecule has 37 heavy (non-hydrogen) atoms. The lowest BCUT2D eigenvalue weighted by molar-refractivity contribution is -0.126. The van der Waals surface area contributed by atoms with Gasteiger partial charge in [0.15, 0.2) is 5.44 Å². The molecule has 2 aliphatic heterocycles. The van der Waals surface area contributed by atoms with Crippen molar-refractivity contribution >= 4 is 56.2 Å². The number of hydrogen-bond donors (Lipinski definition) is 2. The van der Waals surface area contributed by atoms with Crippen LogP contribution in [0.1, 0.15) is 44.1 Å². The van der Waals surface area contributed by atoms with E-state index in [4.69, 9.17) is 39.5 Å². The molecule has 1 amide bonds. The van der Waals surface area contributed by atoms with E-state index in [0.717, 1.165) is 31.5 Å². The smallest absolute Gasteiger partial charge is 0.246 e. The van der Waals surface area contributed by atoms with Crippen LogP contribution in [-0.4, -0.2) is 52.0 Å². The van der Waals surface area contributed by atoms with Gasteiger partial charge in [0.25, 0.3) is 0 Å². The molecule has 0 aliphatic carbocycles. The third-order valence-corrected chi connectivity index (χ3v) is 9.88. The molecule has 2 fully saturated rings. The Bertz CT molecular complexity index is 1160. The highest BCUT2D eigenvalue weighted by Crippen LogP contribution is 2.36. The number of sulfone groups is 1. The maximum Gasteiger partial charge on any atom is 0.246 e. The molecule has 0 saturated carbocycles. The highest BCUT2D eigenvalue weighted by molar-refractivity contribution is 7.92. The molecule has 0 aromatic heterocycles. The van der Waals surface area contributed by atoms with Crippen molar-refractivity contribution in [2.75, 3.05) is 31.1 Å². The van der Waals surface area contributed by atoms with Crippen LogP contribution in [0.5, 0.6) is 0 Å². The third kappa shape index (κ3) is 7.31. The molecular weight excluding hydrogens is 557 g/mol. The van der Waals surface area contributed by atoms with Crippen LogP contribution in [0.2, 0.25) is 15.1 Å². The van der Waals surface area contributed by atoms with E-state index in [1.165, 1.54) is 37.1 Å². The van der Waals surface area contributed by atoms with Crippen molar-refractivity contribution in [3.8, 4) is 0 Å². The van der Waals surface area contributed by atoms with E-state index in [-0.39, 0.29) is 20.0 Å². The fraction of sp³-hybridized carbons (Fsp3) is 0.500. The highest BCUT2D eigenvalue weighted by atomic mass is 35.5. The first-order chi connectivity index (χ1) is 17.8. The van der Waals surface area contributed by atoms with Gasteiger partial charge in [-0.05, 0) is 68.5 Å². The van der Waals surface area contributed by atoms with Gasteiger partial charge < -0.3 is 20.3 Å². The molecule has 2 atom stereocenters. The number of piperidine rings is 2. The van der Waals surface area contributed by atoms with Crippen LogP contribution in [0.3, 0.4) is 0 Å². The quantitative estimate of drug-likeness (QED) is 0.418. The molecule has 2 aromatic carbocycles. The molecular formula is C26H32Cl3N3O4S. The topological polar surface area (TPSA) is 87.7 Å². The molecule has 2 N–H and O–H groups in total. The first kappa shape index (κ1) is 28.5. The first-order valence-electron chi connectivity index (χ1n) is 12.6. The average Bonchev–Trinajstić information content (AvgIpc) is 2.88. The highest BCUT2D eigenvalue weighted by Gasteiger charge is 2.39. The third-order valence-electron chi connectivity index (χ3n) is 6.76. The Balaban J connectivity index is 1.40. The summed E-state index contributed by atoms with van der Waals surface area (Å²) in [5, 5.41) is 6.08. The summed E-state index contributed by atoms with van der Waals surface area (Å²) in [5.74, 6) is -0.413. The fourth-order valence-electron chi connectivity index (χ4n) is 4.84. The first-order valence-corrected chi connectivity index (χ1v) is 15.3. The molecule has 0 radical (unpaired) electrons. The van der Waals surface area contributed by atoms with E-state index in [0.29, 0.717) is 19.5 Å². The van der Waals surface area contributed by atoms with Crippen molar-refractivity contribution < 1.29 is 17.9 Å². The summed E-state index contributed by atoms with van der Waals surface area (Å²) >= 11 is 18.4. The zero-order valence-electron chi connectivity index (χ0n) is 20.5. The summed E-state index contributed by atoms with van der Waals surface area (Å²) in [6.45, 7) is 2.69. The van der Waals surface area contributed by atoms with Gasteiger partial charge in [0.05, 0.1) is 10.0 Å². The Morgan fingerprint density at radius 2 is 1.70 bits per heavy atom. The summed E-state index contributed by atoms with van der Waals surface area (Å²) in [4.78, 5) is 14.8. The number of nitrogens with zero attached hydrogens (tertiary/aromatic N) is 1. The number of hydrogen-bond acceptors (Lipinski definition) is 6. The average molecular weight is 589 g/mol. The van der Waals surface area contributed by atoms with Gasteiger partial charge in [-0.3, -0.25) is 4.79 Å². The van der Waals surface area contributed by atoms with E-state index in [1.54, 1.807) is 0 Å².